The van der Waals surface area contributed by atoms with Crippen molar-refractivity contribution in [1.82, 2.24) is 44.9 Å². The molecule has 16 heteroatoms. The van der Waals surface area contributed by atoms with Crippen molar-refractivity contribution in [3.63, 3.8) is 0 Å². The van der Waals surface area contributed by atoms with E-state index in [1.165, 1.54) is 45.4 Å². The minimum atomic E-state index is -0.689. The van der Waals surface area contributed by atoms with Crippen LogP contribution in [0.4, 0.5) is 4.79 Å². The molecule has 0 spiro atoms. The van der Waals surface area contributed by atoms with Crippen LogP contribution in [0.5, 0.6) is 5.75 Å². The van der Waals surface area contributed by atoms with Crippen molar-refractivity contribution in [3.8, 4) is 39.5 Å². The zero-order chi connectivity index (χ0) is 48.6. The minimum Gasteiger partial charge on any atom is -0.493 e. The van der Waals surface area contributed by atoms with Crippen molar-refractivity contribution in [1.29, 1.82) is 0 Å². The van der Waals surface area contributed by atoms with Gasteiger partial charge in [-0.05, 0) is 83.3 Å². The molecule has 0 bridgehead atoms. The van der Waals surface area contributed by atoms with Crippen molar-refractivity contribution in [2.24, 2.45) is 0 Å². The number of fused-ring (bicyclic) bond motifs is 5. The number of rotatable bonds is 8. The van der Waals surface area contributed by atoms with Gasteiger partial charge in [0.1, 0.15) is 23.4 Å². The average molecular weight is 914 g/mol. The Morgan fingerprint density at radius 2 is 1.52 bits per heavy atom. The van der Waals surface area contributed by atoms with Crippen LogP contribution in [0.1, 0.15) is 111 Å². The summed E-state index contributed by atoms with van der Waals surface area (Å²) in [6.45, 7) is 21.0. The number of ether oxygens (including phenoxy) is 3. The van der Waals surface area contributed by atoms with Crippen LogP contribution in [-0.4, -0.2) is 119 Å². The number of alkyl carbamates (subject to hydrolysis) is 1. The zero-order valence-corrected chi connectivity index (χ0v) is 41.2. The van der Waals surface area contributed by atoms with Crippen LogP contribution < -0.4 is 15.4 Å². The SMILES string of the molecule is CC.CCC.CCC.CNCC(=O)N1CCCC1.COC(=O)N[C@@H](C)C(=O)N1CCC[C@H]1c1ncc(-c2ccc3c(c2)cc2n3CCCOc3cc(-c4cnc(C)[nH]4)ccc3-2)[nH]1.COC=O. The lowest BCUT2D eigenvalue weighted by atomic mass is 10.0. The predicted molar refractivity (Wildman–Crippen MR) is 262 cm³/mol. The summed E-state index contributed by atoms with van der Waals surface area (Å²) in [6.07, 6.45) is 10.5. The number of hydrogen-bond donors (Lipinski definition) is 4. The van der Waals surface area contributed by atoms with Gasteiger partial charge in [-0.25, -0.2) is 14.8 Å². The lowest BCUT2D eigenvalue weighted by Gasteiger charge is -2.26. The van der Waals surface area contributed by atoms with Crippen molar-refractivity contribution in [2.45, 2.75) is 119 Å². The second kappa shape index (κ2) is 28.7. The number of likely N-dealkylation sites (tertiary alicyclic amines) is 2. The number of likely N-dealkylation sites (N-methyl/N-ethyl adjacent to an activating group) is 1. The number of imidazole rings is 2. The number of amides is 3. The van der Waals surface area contributed by atoms with Crippen LogP contribution in [0.25, 0.3) is 44.7 Å². The highest BCUT2D eigenvalue weighted by molar-refractivity contribution is 5.92. The number of methoxy groups -OCH3 is 2. The summed E-state index contributed by atoms with van der Waals surface area (Å²) < 4.78 is 17.1. The fraction of sp³-hybridized carbons (Fsp3) is 0.520. The van der Waals surface area contributed by atoms with Crippen LogP contribution in [0.2, 0.25) is 0 Å². The van der Waals surface area contributed by atoms with Gasteiger partial charge >= 0.3 is 6.09 Å². The van der Waals surface area contributed by atoms with Gasteiger partial charge in [0.25, 0.3) is 6.47 Å². The van der Waals surface area contributed by atoms with Gasteiger partial charge < -0.3 is 49.2 Å². The van der Waals surface area contributed by atoms with Crippen LogP contribution in [0.15, 0.2) is 54.9 Å². The summed E-state index contributed by atoms with van der Waals surface area (Å²) in [6, 6.07) is 14.2. The third-order valence-electron chi connectivity index (χ3n) is 10.5. The maximum atomic E-state index is 13.1. The molecular formula is C50H75N9O7. The number of aromatic nitrogens is 5. The van der Waals surface area contributed by atoms with E-state index in [1.807, 2.05) is 38.1 Å². The third kappa shape index (κ3) is 14.9. The molecule has 2 atom stereocenters. The van der Waals surface area contributed by atoms with Gasteiger partial charge in [-0.15, -0.1) is 0 Å². The molecule has 362 valence electrons. The molecule has 3 aromatic heterocycles. The van der Waals surface area contributed by atoms with E-state index in [-0.39, 0.29) is 17.9 Å². The van der Waals surface area contributed by atoms with E-state index >= 15 is 0 Å². The maximum Gasteiger partial charge on any atom is 0.407 e. The highest BCUT2D eigenvalue weighted by atomic mass is 16.5. The lowest BCUT2D eigenvalue weighted by Crippen LogP contribution is -2.46. The van der Waals surface area contributed by atoms with Crippen molar-refractivity contribution in [2.75, 3.05) is 54.1 Å². The normalized spacial score (nSPS) is 14.9. The molecule has 0 saturated carbocycles. The fourth-order valence-electron chi connectivity index (χ4n) is 7.64. The number of nitrogens with one attached hydrogen (secondary N) is 4. The van der Waals surface area contributed by atoms with E-state index < -0.39 is 12.1 Å². The Kier molecular flexibility index (Phi) is 23.5. The Morgan fingerprint density at radius 3 is 2.14 bits per heavy atom. The number of H-pyrrole nitrogens is 2. The number of hydrogen-bond acceptors (Lipinski definition) is 10. The van der Waals surface area contributed by atoms with Crippen LogP contribution in [0, 0.1) is 6.92 Å². The monoisotopic (exact) mass is 914 g/mol. The number of aromatic amines is 2. The van der Waals surface area contributed by atoms with E-state index in [1.54, 1.807) is 18.9 Å². The Morgan fingerprint density at radius 1 is 0.879 bits per heavy atom. The largest absolute Gasteiger partial charge is 0.493 e. The topological polar surface area (TPSA) is 189 Å². The van der Waals surface area contributed by atoms with Crippen LogP contribution >= 0.6 is 0 Å². The first kappa shape index (κ1) is 54.2. The Balaban J connectivity index is 0.000000438. The Labute approximate surface area is 391 Å². The van der Waals surface area contributed by atoms with Crippen LogP contribution in [-0.2, 0) is 30.4 Å². The third-order valence-corrected chi connectivity index (χ3v) is 10.5. The van der Waals surface area contributed by atoms with Gasteiger partial charge in [-0.2, -0.15) is 0 Å². The lowest BCUT2D eigenvalue weighted by molar-refractivity contribution is -0.134. The highest BCUT2D eigenvalue weighted by Gasteiger charge is 2.35. The molecule has 66 heavy (non-hydrogen) atoms. The van der Waals surface area contributed by atoms with Gasteiger partial charge in [-0.3, -0.25) is 14.4 Å². The summed E-state index contributed by atoms with van der Waals surface area (Å²) in [4.78, 5) is 64.4. The van der Waals surface area contributed by atoms with E-state index in [9.17, 15) is 14.4 Å². The van der Waals surface area contributed by atoms with E-state index in [2.05, 4.69) is 115 Å². The first-order chi connectivity index (χ1) is 32.0. The molecule has 0 radical (unpaired) electrons. The molecule has 3 aliphatic heterocycles. The molecule has 3 amide bonds. The summed E-state index contributed by atoms with van der Waals surface area (Å²) in [5.74, 6) is 2.57. The molecular weight excluding hydrogens is 839 g/mol. The number of aryl methyl sites for hydroxylation is 2. The molecule has 2 aromatic carbocycles. The zero-order valence-electron chi connectivity index (χ0n) is 41.2. The number of benzene rings is 2. The average Bonchev–Trinajstić information content (AvgIpc) is 4.19. The van der Waals surface area contributed by atoms with E-state index in [0.717, 1.165) is 95.5 Å². The van der Waals surface area contributed by atoms with Gasteiger partial charge in [0.05, 0.1) is 62.9 Å². The van der Waals surface area contributed by atoms with Gasteiger partial charge in [0, 0.05) is 53.8 Å². The molecule has 0 aliphatic carbocycles. The van der Waals surface area contributed by atoms with Crippen LogP contribution in [0.3, 0.4) is 0 Å². The molecule has 3 aliphatic rings. The first-order valence-electron chi connectivity index (χ1n) is 23.5. The second-order valence-electron chi connectivity index (χ2n) is 15.8. The molecule has 4 N–H and O–H groups in total. The van der Waals surface area contributed by atoms with Crippen molar-refractivity contribution in [3.05, 3.63) is 66.5 Å². The fourth-order valence-corrected chi connectivity index (χ4v) is 7.64. The molecule has 5 aromatic rings. The van der Waals surface area contributed by atoms with E-state index in [4.69, 9.17) is 9.53 Å². The molecule has 2 fully saturated rings. The summed E-state index contributed by atoms with van der Waals surface area (Å²) in [5, 5.41) is 6.56. The molecule has 8 rings (SSSR count). The summed E-state index contributed by atoms with van der Waals surface area (Å²) in [7, 11) is 4.40. The molecule has 0 unspecified atom stereocenters. The van der Waals surface area contributed by atoms with Gasteiger partial charge in [0.2, 0.25) is 11.8 Å². The summed E-state index contributed by atoms with van der Waals surface area (Å²) in [5.41, 5.74) is 7.28. The standard InChI is InChI=1S/C33H35N7O4.C7H14N2O.2C3H8.C2H4O2.C2H6/c1-19(36-33(42)43-3)32(41)40-11-4-6-28(40)31-35-18-26(38-31)21-8-10-27-23(14-21)15-29-24-9-7-22(25-17-34-20(2)37-25)16-30(24)44-13-5-12-39(27)29;1-8-6-7(10)9-4-2-3-5-9;2*1-3-2;1-4-2-3;1-2/h7-10,14-19,28H,4-6,11-13H2,1-3H3,(H,34,37)(H,35,38)(H,36,42);8H,2-6H2,1H3;2*3H2,1-2H3;2H,1H3;1-2H3/t19-,28-;;;;;/m0...../s1. The Bertz CT molecular complexity index is 2240. The van der Waals surface area contributed by atoms with E-state index in [0.29, 0.717) is 26.2 Å². The van der Waals surface area contributed by atoms with Gasteiger partial charge in [0.15, 0.2) is 0 Å². The second-order valence-corrected chi connectivity index (χ2v) is 15.8. The van der Waals surface area contributed by atoms with Crippen molar-refractivity contribution < 1.29 is 33.4 Å². The number of carbonyl (C=O) groups excluding carboxylic acids is 4. The first-order valence-corrected chi connectivity index (χ1v) is 23.5. The minimum absolute atomic E-state index is 0.153. The highest BCUT2D eigenvalue weighted by Crippen LogP contribution is 2.39. The number of nitrogens with zero attached hydrogens (tertiary/aromatic N) is 5. The predicted octanol–water partition coefficient (Wildman–Crippen LogP) is 9.06. The molecule has 6 heterocycles. The summed E-state index contributed by atoms with van der Waals surface area (Å²) >= 11 is 0. The Hall–Kier alpha value is -6.16. The molecule has 16 nitrogen and oxygen atoms in total. The maximum absolute atomic E-state index is 13.1. The van der Waals surface area contributed by atoms with Gasteiger partial charge in [-0.1, -0.05) is 66.5 Å². The molecule has 2 saturated heterocycles. The quantitative estimate of drug-likeness (QED) is 0.109. The number of carbonyl (C=O) groups is 4. The smallest absolute Gasteiger partial charge is 0.407 e. The van der Waals surface area contributed by atoms with Crippen molar-refractivity contribution >= 4 is 35.3 Å².